The normalized spacial score (nSPS) is 16.0. The molecule has 0 saturated heterocycles. The van der Waals surface area contributed by atoms with Gasteiger partial charge in [-0.3, -0.25) is 14.2 Å². The molecule has 0 spiro atoms. The van der Waals surface area contributed by atoms with Crippen LogP contribution in [-0.2, 0) is 11.2 Å². The summed E-state index contributed by atoms with van der Waals surface area (Å²) in [5.74, 6) is 0.332. The summed E-state index contributed by atoms with van der Waals surface area (Å²) in [6.07, 6.45) is 0.753. The van der Waals surface area contributed by atoms with Gasteiger partial charge in [-0.05, 0) is 24.3 Å². The van der Waals surface area contributed by atoms with Crippen molar-refractivity contribution in [3.63, 3.8) is 0 Å². The van der Waals surface area contributed by atoms with Crippen molar-refractivity contribution in [3.05, 3.63) is 40.3 Å². The summed E-state index contributed by atoms with van der Waals surface area (Å²) < 4.78 is 6.70. The zero-order valence-electron chi connectivity index (χ0n) is 13.3. The minimum absolute atomic E-state index is 0.0735. The third kappa shape index (κ3) is 3.29. The highest BCUT2D eigenvalue weighted by Crippen LogP contribution is 2.34. The van der Waals surface area contributed by atoms with E-state index >= 15 is 0 Å². The Morgan fingerprint density at radius 1 is 1.46 bits per heavy atom. The molecule has 0 saturated carbocycles. The van der Waals surface area contributed by atoms with E-state index in [0.29, 0.717) is 26.7 Å². The Morgan fingerprint density at radius 3 is 2.79 bits per heavy atom. The molecule has 8 heteroatoms. The molecule has 0 fully saturated rings. The highest BCUT2D eigenvalue weighted by molar-refractivity contribution is 8.00. The number of fused-ring (bicyclic) bond motifs is 1. The smallest absolute Gasteiger partial charge is 0.272 e. The van der Waals surface area contributed by atoms with E-state index in [0.717, 1.165) is 12.1 Å². The molecule has 0 unspecified atom stereocenters. The van der Waals surface area contributed by atoms with Gasteiger partial charge in [-0.2, -0.15) is 0 Å². The minimum Gasteiger partial charge on any atom is -0.497 e. The van der Waals surface area contributed by atoms with E-state index in [-0.39, 0.29) is 11.3 Å². The SMILES string of the molecule is COc1ccc(-n2c(SCC(N)=O)nc3c(c2=O)S[C@@H](C)C3)cc1. The Bertz CT molecular complexity index is 834. The van der Waals surface area contributed by atoms with Crippen LogP contribution in [0, 0.1) is 0 Å². The van der Waals surface area contributed by atoms with E-state index in [4.69, 9.17) is 10.5 Å². The number of primary amides is 1. The topological polar surface area (TPSA) is 87.2 Å². The molecule has 6 nitrogen and oxygen atoms in total. The Morgan fingerprint density at radius 2 is 2.17 bits per heavy atom. The van der Waals surface area contributed by atoms with Crippen LogP contribution >= 0.6 is 23.5 Å². The Kier molecular flexibility index (Phi) is 4.86. The maximum atomic E-state index is 13.0. The van der Waals surface area contributed by atoms with Crippen molar-refractivity contribution in [1.29, 1.82) is 0 Å². The van der Waals surface area contributed by atoms with Gasteiger partial charge in [0.25, 0.3) is 5.56 Å². The molecule has 24 heavy (non-hydrogen) atoms. The van der Waals surface area contributed by atoms with Crippen LogP contribution in [0.4, 0.5) is 0 Å². The van der Waals surface area contributed by atoms with Crippen molar-refractivity contribution < 1.29 is 9.53 Å². The maximum absolute atomic E-state index is 13.0. The Hall–Kier alpha value is -1.93. The number of aromatic nitrogens is 2. The van der Waals surface area contributed by atoms with Crippen LogP contribution in [0.25, 0.3) is 5.69 Å². The number of amides is 1. The van der Waals surface area contributed by atoms with Gasteiger partial charge in [-0.15, -0.1) is 11.8 Å². The van der Waals surface area contributed by atoms with Gasteiger partial charge < -0.3 is 10.5 Å². The van der Waals surface area contributed by atoms with Crippen molar-refractivity contribution in [2.24, 2.45) is 5.73 Å². The number of nitrogens with two attached hydrogens (primary N) is 1. The number of nitrogens with zero attached hydrogens (tertiary/aromatic N) is 2. The van der Waals surface area contributed by atoms with Gasteiger partial charge in [0.05, 0.1) is 29.1 Å². The largest absolute Gasteiger partial charge is 0.497 e. The lowest BCUT2D eigenvalue weighted by atomic mass is 10.2. The fraction of sp³-hybridized carbons (Fsp3) is 0.312. The molecule has 2 N–H and O–H groups in total. The van der Waals surface area contributed by atoms with E-state index in [9.17, 15) is 9.59 Å². The number of rotatable bonds is 5. The van der Waals surface area contributed by atoms with Gasteiger partial charge in [0, 0.05) is 11.7 Å². The second-order valence-corrected chi connectivity index (χ2v) is 7.79. The van der Waals surface area contributed by atoms with Crippen molar-refractivity contribution in [1.82, 2.24) is 9.55 Å². The van der Waals surface area contributed by atoms with E-state index in [2.05, 4.69) is 11.9 Å². The quantitative estimate of drug-likeness (QED) is 0.644. The first-order chi connectivity index (χ1) is 11.5. The van der Waals surface area contributed by atoms with Crippen molar-refractivity contribution >= 4 is 29.4 Å². The highest BCUT2D eigenvalue weighted by Gasteiger charge is 2.26. The Labute approximate surface area is 147 Å². The molecular formula is C16H17N3O3S2. The number of carbonyl (C=O) groups is 1. The third-order valence-electron chi connectivity index (χ3n) is 3.56. The van der Waals surface area contributed by atoms with Gasteiger partial charge >= 0.3 is 0 Å². The average Bonchev–Trinajstić information content (AvgIpc) is 2.94. The zero-order chi connectivity index (χ0) is 17.3. The van der Waals surface area contributed by atoms with Crippen molar-refractivity contribution in [3.8, 4) is 11.4 Å². The van der Waals surface area contributed by atoms with Crippen LogP contribution in [0.1, 0.15) is 12.6 Å². The molecule has 126 valence electrons. The first-order valence-corrected chi connectivity index (χ1v) is 9.24. The molecule has 1 aliphatic rings. The van der Waals surface area contributed by atoms with Crippen LogP contribution < -0.4 is 16.0 Å². The number of methoxy groups -OCH3 is 1. The maximum Gasteiger partial charge on any atom is 0.272 e. The summed E-state index contributed by atoms with van der Waals surface area (Å²) in [5.41, 5.74) is 6.62. The fourth-order valence-corrected chi connectivity index (χ4v) is 4.36. The number of carbonyl (C=O) groups excluding carboxylic acids is 1. The Balaban J connectivity index is 2.12. The molecule has 1 atom stereocenters. The van der Waals surface area contributed by atoms with Gasteiger partial charge in [0.2, 0.25) is 5.91 Å². The van der Waals surface area contributed by atoms with Crippen LogP contribution in [0.2, 0.25) is 0 Å². The molecule has 1 amide bonds. The standard InChI is InChI=1S/C16H17N3O3S2/c1-9-7-12-14(24-9)15(21)19(16(18-12)23-8-13(17)20)10-3-5-11(22-2)6-4-10/h3-6,9H,7-8H2,1-2H3,(H2,17,20)/t9-/m0/s1. The molecule has 2 heterocycles. The molecule has 1 aliphatic heterocycles. The molecule has 2 aromatic rings. The predicted molar refractivity (Wildman–Crippen MR) is 95.3 cm³/mol. The lowest BCUT2D eigenvalue weighted by molar-refractivity contribution is -0.115. The van der Waals surface area contributed by atoms with Crippen molar-refractivity contribution in [2.45, 2.75) is 28.6 Å². The molecule has 1 aromatic carbocycles. The van der Waals surface area contributed by atoms with E-state index in [1.54, 1.807) is 43.1 Å². The van der Waals surface area contributed by atoms with Crippen LogP contribution in [0.3, 0.4) is 0 Å². The lowest BCUT2D eigenvalue weighted by Gasteiger charge is -2.13. The minimum atomic E-state index is -0.446. The number of ether oxygens (including phenoxy) is 1. The first-order valence-electron chi connectivity index (χ1n) is 7.37. The molecule has 0 radical (unpaired) electrons. The van der Waals surface area contributed by atoms with Gasteiger partial charge in [0.15, 0.2) is 5.16 Å². The summed E-state index contributed by atoms with van der Waals surface area (Å²) in [6.45, 7) is 2.07. The second-order valence-electron chi connectivity index (χ2n) is 5.40. The summed E-state index contributed by atoms with van der Waals surface area (Å²) in [4.78, 5) is 29.4. The zero-order valence-corrected chi connectivity index (χ0v) is 14.9. The summed E-state index contributed by atoms with van der Waals surface area (Å²) >= 11 is 2.72. The van der Waals surface area contributed by atoms with Crippen LogP contribution in [-0.4, -0.2) is 33.6 Å². The van der Waals surface area contributed by atoms with Crippen molar-refractivity contribution in [2.75, 3.05) is 12.9 Å². The molecule has 0 bridgehead atoms. The van der Waals surface area contributed by atoms with E-state index < -0.39 is 5.91 Å². The van der Waals surface area contributed by atoms with Crippen LogP contribution in [0.5, 0.6) is 5.75 Å². The summed E-state index contributed by atoms with van der Waals surface area (Å²) in [7, 11) is 1.59. The summed E-state index contributed by atoms with van der Waals surface area (Å²) in [6, 6.07) is 7.16. The average molecular weight is 363 g/mol. The molecule has 1 aromatic heterocycles. The monoisotopic (exact) mass is 363 g/mol. The highest BCUT2D eigenvalue weighted by atomic mass is 32.2. The number of hydrogen-bond donors (Lipinski definition) is 1. The molecule has 0 aliphatic carbocycles. The van der Waals surface area contributed by atoms with Gasteiger partial charge in [-0.25, -0.2) is 4.98 Å². The number of hydrogen-bond acceptors (Lipinski definition) is 6. The van der Waals surface area contributed by atoms with E-state index in [1.165, 1.54) is 16.3 Å². The van der Waals surface area contributed by atoms with Gasteiger partial charge in [-0.1, -0.05) is 18.7 Å². The third-order valence-corrected chi connectivity index (χ3v) is 5.73. The lowest BCUT2D eigenvalue weighted by Crippen LogP contribution is -2.24. The summed E-state index contributed by atoms with van der Waals surface area (Å²) in [5, 5.41) is 0.804. The first kappa shape index (κ1) is 16.9. The fourth-order valence-electron chi connectivity index (χ4n) is 2.49. The number of benzene rings is 1. The van der Waals surface area contributed by atoms with Gasteiger partial charge in [0.1, 0.15) is 5.75 Å². The second kappa shape index (κ2) is 6.90. The molecule has 3 rings (SSSR count). The molecular weight excluding hydrogens is 346 g/mol. The number of thioether (sulfide) groups is 2. The van der Waals surface area contributed by atoms with Crippen LogP contribution in [0.15, 0.2) is 39.1 Å². The predicted octanol–water partition coefficient (Wildman–Crippen LogP) is 1.86. The van der Waals surface area contributed by atoms with E-state index in [1.807, 2.05) is 0 Å².